The molecule has 0 atom stereocenters. The molecule has 0 spiro atoms. The predicted octanol–water partition coefficient (Wildman–Crippen LogP) is 3.82. The van der Waals surface area contributed by atoms with Gasteiger partial charge in [0.2, 0.25) is 5.91 Å². The van der Waals surface area contributed by atoms with E-state index in [1.165, 1.54) is 0 Å². The number of aromatic nitrogens is 3. The summed E-state index contributed by atoms with van der Waals surface area (Å²) in [4.78, 5) is 34.6. The molecular weight excluding hydrogens is 482 g/mol. The molecule has 1 saturated heterocycles. The molecule has 9 heteroatoms. The maximum Gasteiger partial charge on any atom is 0.254 e. The third kappa shape index (κ3) is 5.42. The lowest BCUT2D eigenvalue weighted by Crippen LogP contribution is -2.50. The van der Waals surface area contributed by atoms with Crippen LogP contribution >= 0.6 is 0 Å². The molecule has 0 aliphatic carbocycles. The van der Waals surface area contributed by atoms with Crippen molar-refractivity contribution in [2.75, 3.05) is 39.9 Å². The number of amides is 2. The Hall–Kier alpha value is -4.50. The fourth-order valence-electron chi connectivity index (χ4n) is 4.54. The van der Waals surface area contributed by atoms with E-state index in [0.717, 1.165) is 11.1 Å². The summed E-state index contributed by atoms with van der Waals surface area (Å²) in [6.07, 6.45) is 4.15. The number of hydrogen-bond acceptors (Lipinski definition) is 6. The van der Waals surface area contributed by atoms with Crippen molar-refractivity contribution in [3.8, 4) is 17.0 Å². The van der Waals surface area contributed by atoms with Crippen LogP contribution in [0.25, 0.3) is 34.4 Å². The Bertz CT molecular complexity index is 1460. The quantitative estimate of drug-likeness (QED) is 0.390. The van der Waals surface area contributed by atoms with Crippen LogP contribution in [0.2, 0.25) is 0 Å². The highest BCUT2D eigenvalue weighted by Gasteiger charge is 2.27. The highest BCUT2D eigenvalue weighted by Crippen LogP contribution is 2.29. The summed E-state index contributed by atoms with van der Waals surface area (Å²) < 4.78 is 5.02. The summed E-state index contributed by atoms with van der Waals surface area (Å²) in [5.74, 6) is 0.0409. The van der Waals surface area contributed by atoms with Crippen molar-refractivity contribution in [1.29, 1.82) is 0 Å². The fourth-order valence-corrected chi connectivity index (χ4v) is 4.54. The van der Waals surface area contributed by atoms with Gasteiger partial charge in [-0.15, -0.1) is 0 Å². The Morgan fingerprint density at radius 1 is 1.00 bits per heavy atom. The molecule has 4 aromatic rings. The van der Waals surface area contributed by atoms with Gasteiger partial charge in [0.15, 0.2) is 5.65 Å². The second kappa shape index (κ2) is 11.3. The van der Waals surface area contributed by atoms with Crippen LogP contribution < -0.4 is 0 Å². The maximum atomic E-state index is 13.9. The van der Waals surface area contributed by atoms with Gasteiger partial charge in [-0.05, 0) is 42.0 Å². The molecule has 1 aliphatic rings. The monoisotopic (exact) mass is 511 g/mol. The SMILES string of the molecule is COCCC(=O)N1CCN(C(=O)c2cc(-c3ccc(O)cc3)nc3[nH]nc(/C=C/c4ccccc4)c23)CC1. The van der Waals surface area contributed by atoms with E-state index in [2.05, 4.69) is 10.2 Å². The normalized spacial score (nSPS) is 13.9. The van der Waals surface area contributed by atoms with Gasteiger partial charge in [-0.2, -0.15) is 5.10 Å². The van der Waals surface area contributed by atoms with E-state index in [-0.39, 0.29) is 17.6 Å². The Morgan fingerprint density at radius 3 is 2.42 bits per heavy atom. The summed E-state index contributed by atoms with van der Waals surface area (Å²) in [6.45, 7) is 2.19. The number of nitrogens with one attached hydrogen (secondary N) is 1. The molecule has 0 unspecified atom stereocenters. The number of aromatic hydroxyl groups is 1. The lowest BCUT2D eigenvalue weighted by molar-refractivity contribution is -0.133. The summed E-state index contributed by atoms with van der Waals surface area (Å²) in [6, 6.07) is 18.3. The number of carbonyl (C=O) groups excluding carboxylic acids is 2. The molecule has 2 aromatic carbocycles. The van der Waals surface area contributed by atoms with Gasteiger partial charge < -0.3 is 19.6 Å². The van der Waals surface area contributed by atoms with E-state index in [9.17, 15) is 14.7 Å². The highest BCUT2D eigenvalue weighted by atomic mass is 16.5. The van der Waals surface area contributed by atoms with Crippen molar-refractivity contribution in [3.63, 3.8) is 0 Å². The van der Waals surface area contributed by atoms with E-state index < -0.39 is 0 Å². The molecule has 0 saturated carbocycles. The van der Waals surface area contributed by atoms with Gasteiger partial charge in [0.1, 0.15) is 5.75 Å². The number of methoxy groups -OCH3 is 1. The third-order valence-electron chi connectivity index (χ3n) is 6.62. The van der Waals surface area contributed by atoms with Gasteiger partial charge in [-0.3, -0.25) is 14.7 Å². The molecule has 0 bridgehead atoms. The fraction of sp³-hybridized carbons (Fsp3) is 0.241. The van der Waals surface area contributed by atoms with Crippen LogP contribution in [0.4, 0.5) is 0 Å². The molecule has 2 amide bonds. The molecule has 1 aliphatic heterocycles. The van der Waals surface area contributed by atoms with Gasteiger partial charge in [-0.25, -0.2) is 4.98 Å². The largest absolute Gasteiger partial charge is 0.508 e. The second-order valence-electron chi connectivity index (χ2n) is 9.09. The highest BCUT2D eigenvalue weighted by molar-refractivity contribution is 6.09. The van der Waals surface area contributed by atoms with Gasteiger partial charge in [0.05, 0.1) is 35.4 Å². The summed E-state index contributed by atoms with van der Waals surface area (Å²) in [5, 5.41) is 17.8. The number of ether oxygens (including phenoxy) is 1. The standard InChI is InChI=1S/C29H29N5O4/c1-38-18-13-26(36)33-14-16-34(17-15-33)29(37)23-19-25(21-8-10-22(35)11-9-21)30-28-27(23)24(31-32-28)12-7-20-5-3-2-4-6-20/h2-12,19,35H,13-18H2,1H3,(H,30,31,32)/b12-7+. The average molecular weight is 512 g/mol. The second-order valence-corrected chi connectivity index (χ2v) is 9.09. The van der Waals surface area contributed by atoms with Gasteiger partial charge in [0, 0.05) is 38.9 Å². The zero-order chi connectivity index (χ0) is 26.5. The van der Waals surface area contributed by atoms with E-state index in [1.807, 2.05) is 42.5 Å². The van der Waals surface area contributed by atoms with Crippen LogP contribution in [-0.4, -0.2) is 81.8 Å². The van der Waals surface area contributed by atoms with E-state index >= 15 is 0 Å². The number of nitrogens with zero attached hydrogens (tertiary/aromatic N) is 4. The minimum absolute atomic E-state index is 0.0306. The number of phenols is 1. The average Bonchev–Trinajstić information content (AvgIpc) is 3.38. The minimum atomic E-state index is -0.142. The smallest absolute Gasteiger partial charge is 0.254 e. The number of benzene rings is 2. The van der Waals surface area contributed by atoms with Crippen LogP contribution in [0.3, 0.4) is 0 Å². The lowest BCUT2D eigenvalue weighted by atomic mass is 10.0. The first-order chi connectivity index (χ1) is 18.5. The van der Waals surface area contributed by atoms with Crippen molar-refractivity contribution in [2.24, 2.45) is 0 Å². The number of fused-ring (bicyclic) bond motifs is 1. The zero-order valence-electron chi connectivity index (χ0n) is 21.1. The summed E-state index contributed by atoms with van der Waals surface area (Å²) >= 11 is 0. The Balaban J connectivity index is 1.49. The van der Waals surface area contributed by atoms with Crippen molar-refractivity contribution in [2.45, 2.75) is 6.42 Å². The Labute approximate surface area is 220 Å². The van der Waals surface area contributed by atoms with Crippen LogP contribution in [-0.2, 0) is 9.53 Å². The van der Waals surface area contributed by atoms with E-state index in [1.54, 1.807) is 47.2 Å². The van der Waals surface area contributed by atoms with Crippen LogP contribution in [0.15, 0.2) is 60.7 Å². The maximum absolute atomic E-state index is 13.9. The number of H-pyrrole nitrogens is 1. The molecule has 2 N–H and O–H groups in total. The van der Waals surface area contributed by atoms with Gasteiger partial charge >= 0.3 is 0 Å². The van der Waals surface area contributed by atoms with Gasteiger partial charge in [-0.1, -0.05) is 36.4 Å². The van der Waals surface area contributed by atoms with Crippen molar-refractivity contribution in [3.05, 3.63) is 77.5 Å². The minimum Gasteiger partial charge on any atom is -0.508 e. The molecule has 2 aromatic heterocycles. The topological polar surface area (TPSA) is 112 Å². The first kappa shape index (κ1) is 25.2. The number of piperazine rings is 1. The van der Waals surface area contributed by atoms with Crippen molar-refractivity contribution in [1.82, 2.24) is 25.0 Å². The number of hydrogen-bond donors (Lipinski definition) is 2. The van der Waals surface area contributed by atoms with Crippen LogP contribution in [0.1, 0.15) is 28.0 Å². The third-order valence-corrected chi connectivity index (χ3v) is 6.62. The number of aromatic amines is 1. The molecule has 194 valence electrons. The van der Waals surface area contributed by atoms with Crippen LogP contribution in [0, 0.1) is 0 Å². The first-order valence-corrected chi connectivity index (χ1v) is 12.5. The van der Waals surface area contributed by atoms with E-state index in [4.69, 9.17) is 9.72 Å². The molecule has 0 radical (unpaired) electrons. The number of pyridine rings is 1. The molecule has 38 heavy (non-hydrogen) atoms. The summed E-state index contributed by atoms with van der Waals surface area (Å²) in [7, 11) is 1.57. The Kier molecular flexibility index (Phi) is 7.46. The van der Waals surface area contributed by atoms with Crippen LogP contribution in [0.5, 0.6) is 5.75 Å². The van der Waals surface area contributed by atoms with Crippen molar-refractivity contribution >= 4 is 35.0 Å². The van der Waals surface area contributed by atoms with Crippen molar-refractivity contribution < 1.29 is 19.4 Å². The Morgan fingerprint density at radius 2 is 1.71 bits per heavy atom. The molecule has 5 rings (SSSR count). The van der Waals surface area contributed by atoms with Gasteiger partial charge in [0.25, 0.3) is 5.91 Å². The molecular formula is C29H29N5O4. The molecule has 9 nitrogen and oxygen atoms in total. The zero-order valence-corrected chi connectivity index (χ0v) is 21.1. The lowest BCUT2D eigenvalue weighted by Gasteiger charge is -2.35. The number of phenolic OH excluding ortho intramolecular Hbond substituents is 1. The van der Waals surface area contributed by atoms with E-state index in [0.29, 0.717) is 67.2 Å². The predicted molar refractivity (Wildman–Crippen MR) is 145 cm³/mol. The molecule has 3 heterocycles. The molecule has 1 fully saturated rings. The number of rotatable bonds is 7. The first-order valence-electron chi connectivity index (χ1n) is 12.5. The summed E-state index contributed by atoms with van der Waals surface area (Å²) in [5.41, 5.74) is 3.98. The number of carbonyl (C=O) groups is 2.